The highest BCUT2D eigenvalue weighted by molar-refractivity contribution is 7.12. The standard InChI is InChI=1S/C12H15NO4S/c1-17-9-6-10(18-7-9)12(16)13-4-2-3-8(13)5-11(14)15/h6-8H,2-5H2,1H3,(H,14,15). The molecule has 0 saturated carbocycles. The maximum absolute atomic E-state index is 12.3. The van der Waals surface area contributed by atoms with Crippen molar-refractivity contribution in [3.63, 3.8) is 0 Å². The average Bonchev–Trinajstić information content (AvgIpc) is 2.95. The topological polar surface area (TPSA) is 66.8 Å². The fourth-order valence-electron chi connectivity index (χ4n) is 2.20. The normalized spacial score (nSPS) is 18.9. The van der Waals surface area contributed by atoms with Crippen molar-refractivity contribution in [3.8, 4) is 5.75 Å². The molecule has 0 spiro atoms. The first-order chi connectivity index (χ1) is 8.61. The first-order valence-electron chi connectivity index (χ1n) is 5.77. The largest absolute Gasteiger partial charge is 0.496 e. The minimum Gasteiger partial charge on any atom is -0.496 e. The third-order valence-corrected chi connectivity index (χ3v) is 3.97. The molecule has 1 aromatic heterocycles. The van der Waals surface area contributed by atoms with Gasteiger partial charge in [-0.25, -0.2) is 0 Å². The van der Waals surface area contributed by atoms with Crippen LogP contribution in [-0.2, 0) is 4.79 Å². The van der Waals surface area contributed by atoms with E-state index < -0.39 is 5.97 Å². The molecular formula is C12H15NO4S. The number of hydrogen-bond acceptors (Lipinski definition) is 4. The Morgan fingerprint density at radius 1 is 1.61 bits per heavy atom. The SMILES string of the molecule is COc1csc(C(=O)N2CCCC2CC(=O)O)c1. The number of aliphatic carboxylic acids is 1. The molecule has 1 aliphatic heterocycles. The number of carboxylic acids is 1. The van der Waals surface area contributed by atoms with Crippen molar-refractivity contribution in [2.75, 3.05) is 13.7 Å². The zero-order valence-corrected chi connectivity index (χ0v) is 10.9. The predicted molar refractivity (Wildman–Crippen MR) is 67.2 cm³/mol. The maximum atomic E-state index is 12.3. The van der Waals surface area contributed by atoms with Crippen LogP contribution in [0.25, 0.3) is 0 Å². The van der Waals surface area contributed by atoms with Gasteiger partial charge in [0.2, 0.25) is 0 Å². The lowest BCUT2D eigenvalue weighted by Gasteiger charge is -2.22. The van der Waals surface area contributed by atoms with Gasteiger partial charge in [-0.1, -0.05) is 0 Å². The highest BCUT2D eigenvalue weighted by atomic mass is 32.1. The van der Waals surface area contributed by atoms with E-state index in [4.69, 9.17) is 9.84 Å². The van der Waals surface area contributed by atoms with Gasteiger partial charge < -0.3 is 14.7 Å². The second-order valence-electron chi connectivity index (χ2n) is 4.24. The number of carbonyl (C=O) groups excluding carboxylic acids is 1. The third kappa shape index (κ3) is 2.64. The molecule has 1 saturated heterocycles. The molecule has 0 aromatic carbocycles. The first-order valence-corrected chi connectivity index (χ1v) is 6.65. The Morgan fingerprint density at radius 2 is 2.39 bits per heavy atom. The lowest BCUT2D eigenvalue weighted by atomic mass is 10.1. The van der Waals surface area contributed by atoms with Gasteiger partial charge in [0.1, 0.15) is 5.75 Å². The van der Waals surface area contributed by atoms with E-state index in [-0.39, 0.29) is 18.4 Å². The molecule has 6 heteroatoms. The minimum absolute atomic E-state index is 0.0221. The number of ether oxygens (including phenoxy) is 1. The Hall–Kier alpha value is -1.56. The van der Waals surface area contributed by atoms with Gasteiger partial charge in [-0.2, -0.15) is 0 Å². The van der Waals surface area contributed by atoms with Crippen LogP contribution in [0.15, 0.2) is 11.4 Å². The lowest BCUT2D eigenvalue weighted by molar-refractivity contribution is -0.137. The van der Waals surface area contributed by atoms with Crippen LogP contribution in [0.5, 0.6) is 5.75 Å². The Labute approximate surface area is 109 Å². The van der Waals surface area contributed by atoms with E-state index in [1.54, 1.807) is 23.5 Å². The van der Waals surface area contributed by atoms with E-state index in [1.807, 2.05) is 0 Å². The van der Waals surface area contributed by atoms with Crippen molar-refractivity contribution in [1.29, 1.82) is 0 Å². The summed E-state index contributed by atoms with van der Waals surface area (Å²) in [5.74, 6) is -0.284. The second kappa shape index (κ2) is 5.39. The number of hydrogen-bond donors (Lipinski definition) is 1. The summed E-state index contributed by atoms with van der Waals surface area (Å²) in [5, 5.41) is 10.6. The van der Waals surface area contributed by atoms with Crippen LogP contribution in [0, 0.1) is 0 Å². The van der Waals surface area contributed by atoms with Crippen LogP contribution in [-0.4, -0.2) is 41.6 Å². The number of thiophene rings is 1. The Morgan fingerprint density at radius 3 is 3.00 bits per heavy atom. The summed E-state index contributed by atoms with van der Waals surface area (Å²) in [7, 11) is 1.55. The van der Waals surface area contributed by atoms with Crippen molar-refractivity contribution in [2.24, 2.45) is 0 Å². The average molecular weight is 269 g/mol. The van der Waals surface area contributed by atoms with E-state index in [0.717, 1.165) is 12.8 Å². The van der Waals surface area contributed by atoms with E-state index in [9.17, 15) is 9.59 Å². The highest BCUT2D eigenvalue weighted by Crippen LogP contribution is 2.27. The molecule has 0 radical (unpaired) electrons. The fourth-order valence-corrected chi connectivity index (χ4v) is 3.01. The van der Waals surface area contributed by atoms with Crippen LogP contribution in [0.4, 0.5) is 0 Å². The van der Waals surface area contributed by atoms with Crippen LogP contribution in [0.2, 0.25) is 0 Å². The fraction of sp³-hybridized carbons (Fsp3) is 0.500. The molecule has 0 bridgehead atoms. The number of amides is 1. The van der Waals surface area contributed by atoms with Crippen molar-refractivity contribution in [2.45, 2.75) is 25.3 Å². The van der Waals surface area contributed by atoms with Gasteiger partial charge in [0.15, 0.2) is 0 Å². The number of carbonyl (C=O) groups is 2. The third-order valence-electron chi connectivity index (χ3n) is 3.07. The summed E-state index contributed by atoms with van der Waals surface area (Å²) >= 11 is 1.33. The predicted octanol–water partition coefficient (Wildman–Crippen LogP) is 1.84. The number of rotatable bonds is 4. The molecule has 1 aliphatic rings. The zero-order valence-electron chi connectivity index (χ0n) is 10.1. The highest BCUT2D eigenvalue weighted by Gasteiger charge is 2.31. The number of carboxylic acid groups (broad SMARTS) is 1. The lowest BCUT2D eigenvalue weighted by Crippen LogP contribution is -2.36. The molecule has 5 nitrogen and oxygen atoms in total. The van der Waals surface area contributed by atoms with Crippen molar-refractivity contribution in [1.82, 2.24) is 4.90 Å². The number of nitrogens with zero attached hydrogens (tertiary/aromatic N) is 1. The quantitative estimate of drug-likeness (QED) is 0.905. The van der Waals surface area contributed by atoms with Crippen LogP contribution >= 0.6 is 11.3 Å². The molecule has 2 heterocycles. The smallest absolute Gasteiger partial charge is 0.305 e. The van der Waals surface area contributed by atoms with Crippen molar-refractivity contribution in [3.05, 3.63) is 16.3 Å². The molecule has 1 fully saturated rings. The molecule has 1 aromatic rings. The van der Waals surface area contributed by atoms with Crippen LogP contribution in [0.3, 0.4) is 0 Å². The van der Waals surface area contributed by atoms with Gasteiger partial charge in [-0.05, 0) is 12.8 Å². The summed E-state index contributed by atoms with van der Waals surface area (Å²) in [6.45, 7) is 0.636. The van der Waals surface area contributed by atoms with Crippen LogP contribution < -0.4 is 4.74 Å². The van der Waals surface area contributed by atoms with E-state index in [1.165, 1.54) is 11.3 Å². The van der Waals surface area contributed by atoms with E-state index in [2.05, 4.69) is 0 Å². The molecule has 1 amide bonds. The Bertz CT molecular complexity index is 457. The summed E-state index contributed by atoms with van der Waals surface area (Å²) in [6.07, 6.45) is 1.65. The van der Waals surface area contributed by atoms with Crippen LogP contribution in [0.1, 0.15) is 28.9 Å². The van der Waals surface area contributed by atoms with Crippen molar-refractivity contribution < 1.29 is 19.4 Å². The van der Waals surface area contributed by atoms with E-state index in [0.29, 0.717) is 17.2 Å². The van der Waals surface area contributed by atoms with Gasteiger partial charge in [0.25, 0.3) is 5.91 Å². The van der Waals surface area contributed by atoms with Gasteiger partial charge >= 0.3 is 5.97 Å². The first kappa shape index (κ1) is 12.9. The van der Waals surface area contributed by atoms with Gasteiger partial charge in [-0.3, -0.25) is 9.59 Å². The van der Waals surface area contributed by atoms with E-state index >= 15 is 0 Å². The zero-order chi connectivity index (χ0) is 13.1. The minimum atomic E-state index is -0.858. The summed E-state index contributed by atoms with van der Waals surface area (Å²) in [5.41, 5.74) is 0. The molecule has 0 aliphatic carbocycles. The molecule has 18 heavy (non-hydrogen) atoms. The second-order valence-corrected chi connectivity index (χ2v) is 5.15. The van der Waals surface area contributed by atoms with Gasteiger partial charge in [-0.15, -0.1) is 11.3 Å². The Balaban J connectivity index is 2.09. The molecule has 1 N–H and O–H groups in total. The number of methoxy groups -OCH3 is 1. The monoisotopic (exact) mass is 269 g/mol. The molecule has 2 rings (SSSR count). The maximum Gasteiger partial charge on any atom is 0.305 e. The molecule has 1 unspecified atom stereocenters. The van der Waals surface area contributed by atoms with Gasteiger partial charge in [0, 0.05) is 24.0 Å². The van der Waals surface area contributed by atoms with Gasteiger partial charge in [0.05, 0.1) is 18.4 Å². The van der Waals surface area contributed by atoms with Crippen molar-refractivity contribution >= 4 is 23.2 Å². The number of likely N-dealkylation sites (tertiary alicyclic amines) is 1. The Kier molecular flexibility index (Phi) is 3.86. The summed E-state index contributed by atoms with van der Waals surface area (Å²) < 4.78 is 5.04. The molecule has 98 valence electrons. The molecular weight excluding hydrogens is 254 g/mol. The summed E-state index contributed by atoms with van der Waals surface area (Å²) in [6, 6.07) is 1.52. The summed E-state index contributed by atoms with van der Waals surface area (Å²) in [4.78, 5) is 25.3. The molecule has 1 atom stereocenters.